The van der Waals surface area contributed by atoms with E-state index in [2.05, 4.69) is 15.4 Å². The van der Waals surface area contributed by atoms with Gasteiger partial charge in [-0.1, -0.05) is 23.7 Å². The molecule has 6 nitrogen and oxygen atoms in total. The van der Waals surface area contributed by atoms with Gasteiger partial charge in [-0.05, 0) is 48.4 Å². The first-order valence-electron chi connectivity index (χ1n) is 8.16. The third kappa shape index (κ3) is 7.03. The summed E-state index contributed by atoms with van der Waals surface area (Å²) in [4.78, 5) is 23.0. The third-order valence-electron chi connectivity index (χ3n) is 3.51. The zero-order valence-electron chi connectivity index (χ0n) is 14.5. The van der Waals surface area contributed by atoms with Crippen molar-refractivity contribution in [2.45, 2.75) is 19.4 Å². The Morgan fingerprint density at radius 2 is 1.73 bits per heavy atom. The number of nitrogens with one attached hydrogen (secondary N) is 2. The molecule has 0 radical (unpaired) electrons. The second-order valence-electron chi connectivity index (χ2n) is 5.50. The molecule has 2 aromatic rings. The molecule has 0 saturated heterocycles. The van der Waals surface area contributed by atoms with Crippen LogP contribution >= 0.6 is 11.6 Å². The number of carbonyl (C=O) groups is 2. The molecule has 0 aliphatic heterocycles. The van der Waals surface area contributed by atoms with Crippen molar-refractivity contribution in [2.24, 2.45) is 0 Å². The van der Waals surface area contributed by atoms with Crippen LogP contribution in [0.3, 0.4) is 0 Å². The lowest BCUT2D eigenvalue weighted by molar-refractivity contribution is -0.121. The first kappa shape index (κ1) is 19.6. The smallest absolute Gasteiger partial charge is 0.411 e. The average molecular weight is 377 g/mol. The molecule has 0 heterocycles. The van der Waals surface area contributed by atoms with Crippen LogP contribution < -0.4 is 15.4 Å². The maximum absolute atomic E-state index is 11.9. The highest BCUT2D eigenvalue weighted by molar-refractivity contribution is 6.30. The van der Waals surface area contributed by atoms with Crippen LogP contribution in [0.5, 0.6) is 5.75 Å². The summed E-state index contributed by atoms with van der Waals surface area (Å²) in [7, 11) is 1.31. The van der Waals surface area contributed by atoms with Crippen LogP contribution in [0.25, 0.3) is 0 Å². The van der Waals surface area contributed by atoms with Crippen molar-refractivity contribution < 1.29 is 19.1 Å². The quantitative estimate of drug-likeness (QED) is 0.683. The van der Waals surface area contributed by atoms with E-state index in [0.29, 0.717) is 36.7 Å². The Morgan fingerprint density at radius 1 is 1.04 bits per heavy atom. The summed E-state index contributed by atoms with van der Waals surface area (Å²) in [5.41, 5.74) is 1.57. The minimum Gasteiger partial charge on any atom is -0.494 e. The van der Waals surface area contributed by atoms with Gasteiger partial charge in [0.25, 0.3) is 0 Å². The molecule has 2 amide bonds. The minimum atomic E-state index is -0.521. The number of hydrogen-bond acceptors (Lipinski definition) is 4. The van der Waals surface area contributed by atoms with E-state index in [4.69, 9.17) is 16.3 Å². The van der Waals surface area contributed by atoms with Gasteiger partial charge in [0.05, 0.1) is 13.7 Å². The Morgan fingerprint density at radius 3 is 2.38 bits per heavy atom. The van der Waals surface area contributed by atoms with E-state index in [-0.39, 0.29) is 5.91 Å². The Kier molecular flexibility index (Phi) is 7.76. The Hall–Kier alpha value is -2.73. The summed E-state index contributed by atoms with van der Waals surface area (Å²) in [6.07, 6.45) is 0.485. The van der Waals surface area contributed by atoms with E-state index in [1.165, 1.54) is 7.11 Å². The van der Waals surface area contributed by atoms with Gasteiger partial charge in [0.1, 0.15) is 5.75 Å². The molecule has 138 valence electrons. The Balaban J connectivity index is 1.63. The maximum atomic E-state index is 11.9. The second-order valence-corrected chi connectivity index (χ2v) is 5.93. The van der Waals surface area contributed by atoms with Gasteiger partial charge in [0.2, 0.25) is 5.91 Å². The molecule has 2 N–H and O–H groups in total. The van der Waals surface area contributed by atoms with Crippen molar-refractivity contribution in [1.29, 1.82) is 0 Å². The van der Waals surface area contributed by atoms with Crippen molar-refractivity contribution in [3.63, 3.8) is 0 Å². The van der Waals surface area contributed by atoms with E-state index in [0.717, 1.165) is 11.3 Å². The fourth-order valence-corrected chi connectivity index (χ4v) is 2.24. The summed E-state index contributed by atoms with van der Waals surface area (Å²) in [6, 6.07) is 14.3. The zero-order valence-corrected chi connectivity index (χ0v) is 15.2. The van der Waals surface area contributed by atoms with E-state index >= 15 is 0 Å². The molecule has 0 spiro atoms. The van der Waals surface area contributed by atoms with Crippen LogP contribution in [-0.2, 0) is 16.1 Å². The molecule has 7 heteroatoms. The molecular formula is C19H21ClN2O4. The fourth-order valence-electron chi connectivity index (χ4n) is 2.12. The third-order valence-corrected chi connectivity index (χ3v) is 3.76. The summed E-state index contributed by atoms with van der Waals surface area (Å²) in [5, 5.41) is 6.08. The molecule has 0 aliphatic carbocycles. The van der Waals surface area contributed by atoms with E-state index in [1.54, 1.807) is 36.4 Å². The minimum absolute atomic E-state index is 0.0403. The first-order valence-corrected chi connectivity index (χ1v) is 8.53. The molecule has 0 unspecified atom stereocenters. The maximum Gasteiger partial charge on any atom is 0.411 e. The Bertz CT molecular complexity index is 717. The van der Waals surface area contributed by atoms with Gasteiger partial charge >= 0.3 is 6.09 Å². The normalized spacial score (nSPS) is 10.1. The lowest BCUT2D eigenvalue weighted by Crippen LogP contribution is -2.23. The molecule has 26 heavy (non-hydrogen) atoms. The number of carbonyl (C=O) groups excluding carboxylic acids is 2. The first-order chi connectivity index (χ1) is 12.6. The van der Waals surface area contributed by atoms with Crippen molar-refractivity contribution >= 4 is 29.3 Å². The van der Waals surface area contributed by atoms with Gasteiger partial charge < -0.3 is 14.8 Å². The highest BCUT2D eigenvalue weighted by Crippen LogP contribution is 2.15. The van der Waals surface area contributed by atoms with Gasteiger partial charge in [-0.2, -0.15) is 0 Å². The predicted octanol–water partition coefficient (Wildman–Crippen LogP) is 3.99. The summed E-state index contributed by atoms with van der Waals surface area (Å²) in [5.74, 6) is 0.692. The molecule has 2 aromatic carbocycles. The average Bonchev–Trinajstić information content (AvgIpc) is 2.66. The van der Waals surface area contributed by atoms with E-state index < -0.39 is 6.09 Å². The highest BCUT2D eigenvalue weighted by Gasteiger charge is 2.04. The van der Waals surface area contributed by atoms with Gasteiger partial charge in [-0.15, -0.1) is 0 Å². The lowest BCUT2D eigenvalue weighted by atomic mass is 10.2. The summed E-state index contributed by atoms with van der Waals surface area (Å²) < 4.78 is 10.1. The van der Waals surface area contributed by atoms with Crippen LogP contribution in [0.2, 0.25) is 5.02 Å². The molecule has 0 aromatic heterocycles. The number of rotatable bonds is 8. The number of anilines is 1. The van der Waals surface area contributed by atoms with E-state index in [1.807, 2.05) is 12.1 Å². The molecule has 0 saturated carbocycles. The number of amides is 2. The SMILES string of the molecule is COC(=O)Nc1ccc(CNC(=O)CCCOc2ccc(Cl)cc2)cc1. The van der Waals surface area contributed by atoms with Crippen molar-refractivity contribution in [2.75, 3.05) is 19.0 Å². The van der Waals surface area contributed by atoms with Gasteiger partial charge in [0.15, 0.2) is 0 Å². The molecule has 0 aliphatic rings. The standard InChI is InChI=1S/C19H21ClN2O4/c1-25-19(24)22-16-8-4-14(5-9-16)13-21-18(23)3-2-12-26-17-10-6-15(20)7-11-17/h4-11H,2-3,12-13H2,1H3,(H,21,23)(H,22,24). The van der Waals surface area contributed by atoms with Gasteiger partial charge in [-0.25, -0.2) is 4.79 Å². The number of hydrogen-bond donors (Lipinski definition) is 2. The number of methoxy groups -OCH3 is 1. The van der Waals surface area contributed by atoms with Gasteiger partial charge in [0, 0.05) is 23.7 Å². The van der Waals surface area contributed by atoms with Crippen molar-refractivity contribution in [3.8, 4) is 5.75 Å². The molecule has 0 atom stereocenters. The predicted molar refractivity (Wildman–Crippen MR) is 100 cm³/mol. The largest absolute Gasteiger partial charge is 0.494 e. The Labute approximate surface area is 157 Å². The summed E-state index contributed by atoms with van der Waals surface area (Å²) in [6.45, 7) is 0.887. The lowest BCUT2D eigenvalue weighted by Gasteiger charge is -2.08. The van der Waals surface area contributed by atoms with Crippen LogP contribution in [-0.4, -0.2) is 25.7 Å². The second kappa shape index (κ2) is 10.3. The number of ether oxygens (including phenoxy) is 2. The molecule has 0 bridgehead atoms. The molecule has 0 fully saturated rings. The van der Waals surface area contributed by atoms with Crippen molar-refractivity contribution in [3.05, 3.63) is 59.1 Å². The molecular weight excluding hydrogens is 356 g/mol. The van der Waals surface area contributed by atoms with Gasteiger partial charge in [-0.3, -0.25) is 10.1 Å². The van der Waals surface area contributed by atoms with Crippen LogP contribution in [0.4, 0.5) is 10.5 Å². The van der Waals surface area contributed by atoms with Crippen LogP contribution in [0.15, 0.2) is 48.5 Å². The van der Waals surface area contributed by atoms with E-state index in [9.17, 15) is 9.59 Å². The number of halogens is 1. The topological polar surface area (TPSA) is 76.7 Å². The fraction of sp³-hybridized carbons (Fsp3) is 0.263. The van der Waals surface area contributed by atoms with Crippen LogP contribution in [0, 0.1) is 0 Å². The number of benzene rings is 2. The summed E-state index contributed by atoms with van der Waals surface area (Å²) >= 11 is 5.80. The zero-order chi connectivity index (χ0) is 18.8. The van der Waals surface area contributed by atoms with Crippen LogP contribution in [0.1, 0.15) is 18.4 Å². The van der Waals surface area contributed by atoms with Crippen molar-refractivity contribution in [1.82, 2.24) is 5.32 Å². The molecule has 2 rings (SSSR count). The highest BCUT2D eigenvalue weighted by atomic mass is 35.5. The monoisotopic (exact) mass is 376 g/mol.